The van der Waals surface area contributed by atoms with Gasteiger partial charge in [-0.05, 0) is 48.9 Å². The van der Waals surface area contributed by atoms with Crippen LogP contribution in [-0.4, -0.2) is 36.4 Å². The van der Waals surface area contributed by atoms with Crippen molar-refractivity contribution < 1.29 is 14.3 Å². The molecule has 0 bridgehead atoms. The molecule has 0 fully saturated rings. The summed E-state index contributed by atoms with van der Waals surface area (Å²) in [5.74, 6) is -0.463. The molecule has 2 amide bonds. The van der Waals surface area contributed by atoms with E-state index in [-0.39, 0.29) is 6.54 Å². The first-order valence-corrected chi connectivity index (χ1v) is 9.28. The van der Waals surface area contributed by atoms with E-state index in [2.05, 4.69) is 26.3 Å². The Hall–Kier alpha value is -2.38. The van der Waals surface area contributed by atoms with Gasteiger partial charge in [-0.1, -0.05) is 39.7 Å². The highest BCUT2D eigenvalue weighted by Crippen LogP contribution is 2.33. The number of hydrazone groups is 1. The number of benzene rings is 2. The lowest BCUT2D eigenvalue weighted by Crippen LogP contribution is -2.42. The van der Waals surface area contributed by atoms with Crippen LogP contribution in [-0.2, 0) is 9.53 Å². The molecule has 0 unspecified atom stereocenters. The zero-order valence-corrected chi connectivity index (χ0v) is 17.0. The van der Waals surface area contributed by atoms with Crippen LogP contribution in [0.4, 0.5) is 10.5 Å². The Morgan fingerprint density at radius 1 is 1.19 bits per heavy atom. The van der Waals surface area contributed by atoms with Crippen molar-refractivity contribution in [3.63, 3.8) is 0 Å². The molecule has 0 spiro atoms. The SMILES string of the molecule is COC(=O)[C@@]1(C)CN(C(=O)Nc2ccc(Br)cc2)N=C1c1ccc(Cl)cc1. The number of carbonyl (C=O) groups is 2. The Labute approximate surface area is 170 Å². The quantitative estimate of drug-likeness (QED) is 0.698. The summed E-state index contributed by atoms with van der Waals surface area (Å²) in [6, 6.07) is 13.7. The second kappa shape index (κ2) is 7.70. The number of anilines is 1. The molecular weight excluding hydrogens is 434 g/mol. The lowest BCUT2D eigenvalue weighted by atomic mass is 9.82. The Balaban J connectivity index is 1.90. The highest BCUT2D eigenvalue weighted by molar-refractivity contribution is 9.10. The molecule has 1 atom stereocenters. The van der Waals surface area contributed by atoms with Gasteiger partial charge in [0, 0.05) is 15.2 Å². The van der Waals surface area contributed by atoms with E-state index in [9.17, 15) is 9.59 Å². The van der Waals surface area contributed by atoms with Gasteiger partial charge in [-0.15, -0.1) is 0 Å². The Bertz CT molecular complexity index is 899. The summed E-state index contributed by atoms with van der Waals surface area (Å²) in [7, 11) is 1.32. The number of esters is 1. The molecule has 2 aromatic carbocycles. The topological polar surface area (TPSA) is 71.0 Å². The molecule has 1 N–H and O–H groups in total. The van der Waals surface area contributed by atoms with Crippen molar-refractivity contribution in [3.05, 3.63) is 63.6 Å². The van der Waals surface area contributed by atoms with Gasteiger partial charge in [0.1, 0.15) is 5.41 Å². The molecular formula is C19H17BrClN3O3. The Kier molecular flexibility index (Phi) is 5.53. The van der Waals surface area contributed by atoms with Gasteiger partial charge in [0.05, 0.1) is 19.4 Å². The fraction of sp³-hybridized carbons (Fsp3) is 0.211. The minimum Gasteiger partial charge on any atom is -0.468 e. The second-order valence-electron chi connectivity index (χ2n) is 6.27. The number of nitrogens with one attached hydrogen (secondary N) is 1. The highest BCUT2D eigenvalue weighted by Gasteiger charge is 2.48. The molecule has 0 aliphatic carbocycles. The van der Waals surface area contributed by atoms with Gasteiger partial charge >= 0.3 is 12.0 Å². The van der Waals surface area contributed by atoms with Crippen molar-refractivity contribution in [1.29, 1.82) is 0 Å². The van der Waals surface area contributed by atoms with E-state index in [1.165, 1.54) is 12.1 Å². The summed E-state index contributed by atoms with van der Waals surface area (Å²) in [6.45, 7) is 1.78. The fourth-order valence-electron chi connectivity index (χ4n) is 2.85. The summed E-state index contributed by atoms with van der Waals surface area (Å²) in [6.07, 6.45) is 0. The van der Waals surface area contributed by atoms with Crippen LogP contribution in [0.1, 0.15) is 12.5 Å². The van der Waals surface area contributed by atoms with Crippen LogP contribution >= 0.6 is 27.5 Å². The molecule has 8 heteroatoms. The highest BCUT2D eigenvalue weighted by atomic mass is 79.9. The molecule has 0 radical (unpaired) electrons. The standard InChI is InChI=1S/C19H17BrClN3O3/c1-19(17(25)27-2)11-24(18(26)22-15-9-5-13(20)6-10-15)23-16(19)12-3-7-14(21)8-4-12/h3-10H,11H2,1-2H3,(H,22,26)/t19-/m0/s1. The average Bonchev–Trinajstić information content (AvgIpc) is 3.02. The van der Waals surface area contributed by atoms with Crippen molar-refractivity contribution in [1.82, 2.24) is 5.01 Å². The number of urea groups is 1. The lowest BCUT2D eigenvalue weighted by molar-refractivity contribution is -0.147. The zero-order chi connectivity index (χ0) is 19.6. The lowest BCUT2D eigenvalue weighted by Gasteiger charge is -2.23. The summed E-state index contributed by atoms with van der Waals surface area (Å²) in [5, 5.41) is 8.99. The Morgan fingerprint density at radius 3 is 2.41 bits per heavy atom. The van der Waals surface area contributed by atoms with Gasteiger partial charge < -0.3 is 10.1 Å². The number of rotatable bonds is 3. The monoisotopic (exact) mass is 449 g/mol. The number of amides is 2. The van der Waals surface area contributed by atoms with Crippen LogP contribution in [0.15, 0.2) is 58.1 Å². The third-order valence-corrected chi connectivity index (χ3v) is 5.07. The normalized spacial score (nSPS) is 18.8. The first-order chi connectivity index (χ1) is 12.8. The van der Waals surface area contributed by atoms with Crippen molar-refractivity contribution in [3.8, 4) is 0 Å². The summed E-state index contributed by atoms with van der Waals surface area (Å²) < 4.78 is 5.87. The summed E-state index contributed by atoms with van der Waals surface area (Å²) in [4.78, 5) is 25.1. The van der Waals surface area contributed by atoms with Crippen LogP contribution in [0.2, 0.25) is 5.02 Å². The number of nitrogens with zero attached hydrogens (tertiary/aromatic N) is 2. The number of hydrogen-bond donors (Lipinski definition) is 1. The van der Waals surface area contributed by atoms with Gasteiger partial charge in [-0.3, -0.25) is 4.79 Å². The molecule has 0 saturated heterocycles. The first kappa shape index (κ1) is 19.4. The summed E-state index contributed by atoms with van der Waals surface area (Å²) >= 11 is 9.30. The van der Waals surface area contributed by atoms with Crippen molar-refractivity contribution in [2.45, 2.75) is 6.92 Å². The van der Waals surface area contributed by atoms with Crippen LogP contribution in [0.25, 0.3) is 0 Å². The van der Waals surface area contributed by atoms with E-state index in [0.29, 0.717) is 22.0 Å². The van der Waals surface area contributed by atoms with Crippen LogP contribution in [0.3, 0.4) is 0 Å². The third kappa shape index (κ3) is 3.99. The minimum absolute atomic E-state index is 0.0694. The molecule has 0 saturated carbocycles. The van der Waals surface area contributed by atoms with E-state index in [1.807, 2.05) is 12.1 Å². The second-order valence-corrected chi connectivity index (χ2v) is 7.63. The van der Waals surface area contributed by atoms with Crippen LogP contribution in [0.5, 0.6) is 0 Å². The molecule has 1 aliphatic rings. The molecule has 6 nitrogen and oxygen atoms in total. The van der Waals surface area contributed by atoms with E-state index in [1.54, 1.807) is 43.3 Å². The maximum atomic E-state index is 12.7. The predicted molar refractivity (Wildman–Crippen MR) is 108 cm³/mol. The number of hydrogen-bond acceptors (Lipinski definition) is 4. The maximum absolute atomic E-state index is 12.7. The molecule has 2 aromatic rings. The van der Waals surface area contributed by atoms with E-state index < -0.39 is 17.4 Å². The van der Waals surface area contributed by atoms with Crippen molar-refractivity contribution >= 4 is 50.9 Å². The number of methoxy groups -OCH3 is 1. The average molecular weight is 451 g/mol. The van der Waals surface area contributed by atoms with E-state index in [4.69, 9.17) is 16.3 Å². The summed E-state index contributed by atoms with van der Waals surface area (Å²) in [5.41, 5.74) is 0.695. The largest absolute Gasteiger partial charge is 0.468 e. The number of halogens is 2. The molecule has 27 heavy (non-hydrogen) atoms. The number of carbonyl (C=O) groups excluding carboxylic acids is 2. The van der Waals surface area contributed by atoms with Gasteiger partial charge in [-0.2, -0.15) is 5.10 Å². The van der Waals surface area contributed by atoms with Crippen molar-refractivity contribution in [2.75, 3.05) is 19.0 Å². The zero-order valence-electron chi connectivity index (χ0n) is 14.7. The van der Waals surface area contributed by atoms with Crippen LogP contribution in [0, 0.1) is 5.41 Å². The van der Waals surface area contributed by atoms with Crippen LogP contribution < -0.4 is 5.32 Å². The minimum atomic E-state index is -1.08. The third-order valence-electron chi connectivity index (χ3n) is 4.29. The first-order valence-electron chi connectivity index (χ1n) is 8.11. The van der Waals surface area contributed by atoms with E-state index in [0.717, 1.165) is 4.47 Å². The molecule has 0 aromatic heterocycles. The molecule has 1 heterocycles. The smallest absolute Gasteiger partial charge is 0.342 e. The van der Waals surface area contributed by atoms with Crippen molar-refractivity contribution in [2.24, 2.45) is 10.5 Å². The molecule has 1 aliphatic heterocycles. The maximum Gasteiger partial charge on any atom is 0.342 e. The van der Waals surface area contributed by atoms with Gasteiger partial charge in [0.2, 0.25) is 0 Å². The number of ether oxygens (including phenoxy) is 1. The predicted octanol–water partition coefficient (Wildman–Crippen LogP) is 4.53. The van der Waals surface area contributed by atoms with Gasteiger partial charge in [0.15, 0.2) is 0 Å². The molecule has 140 valence electrons. The van der Waals surface area contributed by atoms with Gasteiger partial charge in [0.25, 0.3) is 0 Å². The fourth-order valence-corrected chi connectivity index (χ4v) is 3.24. The van der Waals surface area contributed by atoms with E-state index >= 15 is 0 Å². The Morgan fingerprint density at radius 2 is 1.81 bits per heavy atom. The molecule has 3 rings (SSSR count). The van der Waals surface area contributed by atoms with Gasteiger partial charge in [-0.25, -0.2) is 9.80 Å².